The first kappa shape index (κ1) is 15.2. The van der Waals surface area contributed by atoms with Crippen molar-refractivity contribution in [2.24, 2.45) is 0 Å². The highest BCUT2D eigenvalue weighted by molar-refractivity contribution is 5.91. The Morgan fingerprint density at radius 1 is 0.960 bits per heavy atom. The average molecular weight is 334 g/mol. The predicted octanol–water partition coefficient (Wildman–Crippen LogP) is 1.68. The van der Waals surface area contributed by atoms with Gasteiger partial charge in [-0.05, 0) is 18.2 Å². The van der Waals surface area contributed by atoms with Crippen molar-refractivity contribution in [3.8, 4) is 11.7 Å². The molecule has 1 aromatic carbocycles. The lowest BCUT2D eigenvalue weighted by atomic mass is 10.2. The van der Waals surface area contributed by atoms with E-state index in [-0.39, 0.29) is 13.2 Å². The van der Waals surface area contributed by atoms with Crippen molar-refractivity contribution in [2.75, 3.05) is 0 Å². The molecule has 3 heterocycles. The van der Waals surface area contributed by atoms with Crippen molar-refractivity contribution in [3.63, 3.8) is 0 Å². The van der Waals surface area contributed by atoms with E-state index in [0.717, 1.165) is 10.8 Å². The fraction of sp³-hybridized carbons (Fsp3) is 0.118. The number of nitrogens with zero attached hydrogens (tertiary/aromatic N) is 6. The second kappa shape index (κ2) is 6.62. The van der Waals surface area contributed by atoms with Crippen LogP contribution in [0.25, 0.3) is 16.6 Å². The zero-order chi connectivity index (χ0) is 17.1. The predicted molar refractivity (Wildman–Crippen MR) is 88.9 cm³/mol. The minimum atomic E-state index is -0.108. The number of hydrogen-bond acceptors (Lipinski definition) is 7. The summed E-state index contributed by atoms with van der Waals surface area (Å²) in [6, 6.07) is 13.1. The number of ether oxygens (including phenoxy) is 1. The summed E-state index contributed by atoms with van der Waals surface area (Å²) in [5.41, 5.74) is 1.30. The number of benzene rings is 1. The summed E-state index contributed by atoms with van der Waals surface area (Å²) in [5, 5.41) is 23.4. The molecule has 0 spiro atoms. The van der Waals surface area contributed by atoms with Crippen LogP contribution in [0.5, 0.6) is 5.88 Å². The van der Waals surface area contributed by atoms with Gasteiger partial charge in [0.15, 0.2) is 5.82 Å². The second-order valence-corrected chi connectivity index (χ2v) is 5.28. The number of fused-ring (bicyclic) bond motifs is 1. The third-order valence-corrected chi connectivity index (χ3v) is 3.65. The van der Waals surface area contributed by atoms with E-state index in [4.69, 9.17) is 4.74 Å². The molecule has 0 aliphatic carbocycles. The lowest BCUT2D eigenvalue weighted by Crippen LogP contribution is -2.06. The topological polar surface area (TPSA) is 98.8 Å². The molecule has 124 valence electrons. The molecule has 8 heteroatoms. The van der Waals surface area contributed by atoms with Gasteiger partial charge in [0.2, 0.25) is 5.88 Å². The van der Waals surface area contributed by atoms with Gasteiger partial charge >= 0.3 is 0 Å². The van der Waals surface area contributed by atoms with Crippen LogP contribution in [0.15, 0.2) is 55.1 Å². The van der Waals surface area contributed by atoms with E-state index in [9.17, 15) is 5.11 Å². The molecule has 1 N–H and O–H groups in total. The first-order valence-electron chi connectivity index (χ1n) is 7.64. The van der Waals surface area contributed by atoms with Gasteiger partial charge in [-0.3, -0.25) is 4.98 Å². The summed E-state index contributed by atoms with van der Waals surface area (Å²) in [5.74, 6) is 0.997. The normalized spacial score (nSPS) is 10.9. The van der Waals surface area contributed by atoms with Gasteiger partial charge in [0.05, 0.1) is 18.0 Å². The molecular weight excluding hydrogens is 320 g/mol. The van der Waals surface area contributed by atoms with Gasteiger partial charge in [0.25, 0.3) is 0 Å². The van der Waals surface area contributed by atoms with Crippen molar-refractivity contribution >= 4 is 10.8 Å². The molecule has 0 radical (unpaired) electrons. The standard InChI is InChI=1S/C17H14N6O2/c24-8-12-4-3-5-13(20-12)9-25-17-15-7-2-1-6-14(15)16(21-22-17)23-11-18-10-19-23/h1-7,10-11,24H,8-9H2. The van der Waals surface area contributed by atoms with E-state index in [1.807, 2.05) is 36.4 Å². The van der Waals surface area contributed by atoms with Crippen molar-refractivity contribution in [1.29, 1.82) is 0 Å². The van der Waals surface area contributed by atoms with Crippen LogP contribution in [0.2, 0.25) is 0 Å². The highest BCUT2D eigenvalue weighted by Gasteiger charge is 2.12. The van der Waals surface area contributed by atoms with Gasteiger partial charge in [-0.15, -0.1) is 10.2 Å². The average Bonchev–Trinajstić information content (AvgIpc) is 3.20. The van der Waals surface area contributed by atoms with Crippen LogP contribution < -0.4 is 4.74 Å². The lowest BCUT2D eigenvalue weighted by Gasteiger charge is -2.10. The summed E-state index contributed by atoms with van der Waals surface area (Å²) < 4.78 is 7.38. The molecule has 0 saturated heterocycles. The Bertz CT molecular complexity index is 1000. The van der Waals surface area contributed by atoms with E-state index >= 15 is 0 Å². The molecule has 25 heavy (non-hydrogen) atoms. The van der Waals surface area contributed by atoms with Gasteiger partial charge in [-0.25, -0.2) is 9.67 Å². The Kier molecular flexibility index (Phi) is 4.01. The summed E-state index contributed by atoms with van der Waals surface area (Å²) in [6.07, 6.45) is 3.02. The molecule has 3 aromatic heterocycles. The first-order valence-corrected chi connectivity index (χ1v) is 7.64. The molecule has 4 aromatic rings. The van der Waals surface area contributed by atoms with Crippen LogP contribution in [-0.4, -0.2) is 35.1 Å². The Balaban J connectivity index is 1.67. The number of aliphatic hydroxyl groups excluding tert-OH is 1. The molecule has 0 amide bonds. The van der Waals surface area contributed by atoms with Crippen LogP contribution in [0, 0.1) is 0 Å². The van der Waals surface area contributed by atoms with Crippen LogP contribution in [0.3, 0.4) is 0 Å². The zero-order valence-electron chi connectivity index (χ0n) is 13.1. The van der Waals surface area contributed by atoms with Crippen LogP contribution >= 0.6 is 0 Å². The van der Waals surface area contributed by atoms with Crippen LogP contribution in [0.4, 0.5) is 0 Å². The number of aromatic nitrogens is 6. The fourth-order valence-corrected chi connectivity index (χ4v) is 2.50. The zero-order valence-corrected chi connectivity index (χ0v) is 13.1. The van der Waals surface area contributed by atoms with E-state index in [2.05, 4.69) is 25.3 Å². The Labute approximate surface area is 142 Å². The number of aliphatic hydroxyl groups is 1. The quantitative estimate of drug-likeness (QED) is 0.593. The molecule has 0 aliphatic heterocycles. The maximum absolute atomic E-state index is 9.17. The minimum absolute atomic E-state index is 0.108. The van der Waals surface area contributed by atoms with E-state index in [0.29, 0.717) is 23.1 Å². The first-order chi connectivity index (χ1) is 12.3. The van der Waals surface area contributed by atoms with Crippen molar-refractivity contribution in [2.45, 2.75) is 13.2 Å². The van der Waals surface area contributed by atoms with E-state index in [1.165, 1.54) is 6.33 Å². The Morgan fingerprint density at radius 3 is 2.60 bits per heavy atom. The molecule has 0 atom stereocenters. The van der Waals surface area contributed by atoms with Crippen molar-refractivity contribution in [3.05, 3.63) is 66.5 Å². The largest absolute Gasteiger partial charge is 0.470 e. The Morgan fingerprint density at radius 2 is 1.80 bits per heavy atom. The molecule has 0 bridgehead atoms. The molecule has 0 aliphatic rings. The van der Waals surface area contributed by atoms with E-state index < -0.39 is 0 Å². The summed E-state index contributed by atoms with van der Waals surface area (Å²) in [6.45, 7) is 0.123. The molecule has 0 unspecified atom stereocenters. The maximum Gasteiger partial charge on any atom is 0.241 e. The van der Waals surface area contributed by atoms with Gasteiger partial charge in [0, 0.05) is 10.8 Å². The van der Waals surface area contributed by atoms with Crippen molar-refractivity contribution in [1.82, 2.24) is 29.9 Å². The minimum Gasteiger partial charge on any atom is -0.470 e. The van der Waals surface area contributed by atoms with Crippen LogP contribution in [0.1, 0.15) is 11.4 Å². The number of hydrogen-bond donors (Lipinski definition) is 1. The van der Waals surface area contributed by atoms with Gasteiger partial charge in [0.1, 0.15) is 19.3 Å². The van der Waals surface area contributed by atoms with Crippen molar-refractivity contribution < 1.29 is 9.84 Å². The summed E-state index contributed by atoms with van der Waals surface area (Å²) in [4.78, 5) is 8.24. The summed E-state index contributed by atoms with van der Waals surface area (Å²) >= 11 is 0. The molecule has 0 saturated carbocycles. The molecule has 0 fully saturated rings. The maximum atomic E-state index is 9.17. The molecule has 4 rings (SSSR count). The highest BCUT2D eigenvalue weighted by Crippen LogP contribution is 2.26. The number of pyridine rings is 1. The SMILES string of the molecule is OCc1cccc(COc2nnc(-n3cncn3)c3ccccc23)n1. The third kappa shape index (κ3) is 3.02. The highest BCUT2D eigenvalue weighted by atomic mass is 16.5. The van der Waals surface area contributed by atoms with Gasteiger partial charge < -0.3 is 9.84 Å². The van der Waals surface area contributed by atoms with Gasteiger partial charge in [-0.1, -0.05) is 24.3 Å². The smallest absolute Gasteiger partial charge is 0.241 e. The van der Waals surface area contributed by atoms with Gasteiger partial charge in [-0.2, -0.15) is 5.10 Å². The molecule has 8 nitrogen and oxygen atoms in total. The second-order valence-electron chi connectivity index (χ2n) is 5.28. The monoisotopic (exact) mass is 334 g/mol. The van der Waals surface area contributed by atoms with E-state index in [1.54, 1.807) is 17.1 Å². The molecular formula is C17H14N6O2. The third-order valence-electron chi connectivity index (χ3n) is 3.65. The lowest BCUT2D eigenvalue weighted by molar-refractivity contribution is 0.270. The summed E-state index contributed by atoms with van der Waals surface area (Å²) in [7, 11) is 0. The fourth-order valence-electron chi connectivity index (χ4n) is 2.50. The Hall–Kier alpha value is -3.39. The van der Waals surface area contributed by atoms with Crippen LogP contribution in [-0.2, 0) is 13.2 Å². The number of rotatable bonds is 5.